The summed E-state index contributed by atoms with van der Waals surface area (Å²) in [7, 11) is -3.41. The minimum Gasteiger partial charge on any atom is -0.340 e. The third-order valence-corrected chi connectivity index (χ3v) is 7.11. The lowest BCUT2D eigenvalue weighted by molar-refractivity contribution is 0.477. The van der Waals surface area contributed by atoms with Gasteiger partial charge in [0.25, 0.3) is 0 Å². The van der Waals surface area contributed by atoms with Gasteiger partial charge in [0, 0.05) is 24.2 Å². The fourth-order valence-corrected chi connectivity index (χ4v) is 5.06. The average molecular weight is 396 g/mol. The van der Waals surface area contributed by atoms with E-state index in [9.17, 15) is 8.42 Å². The van der Waals surface area contributed by atoms with Gasteiger partial charge >= 0.3 is 0 Å². The van der Waals surface area contributed by atoms with Gasteiger partial charge in [0.15, 0.2) is 0 Å². The van der Waals surface area contributed by atoms with Crippen LogP contribution in [0.15, 0.2) is 59.5 Å². The highest BCUT2D eigenvalue weighted by molar-refractivity contribution is 7.89. The van der Waals surface area contributed by atoms with Gasteiger partial charge in [-0.1, -0.05) is 26.0 Å². The van der Waals surface area contributed by atoms with Crippen LogP contribution in [0.2, 0.25) is 0 Å². The van der Waals surface area contributed by atoms with Gasteiger partial charge in [0.1, 0.15) is 5.82 Å². The molecule has 5 nitrogen and oxygen atoms in total. The van der Waals surface area contributed by atoms with Crippen LogP contribution in [0.1, 0.15) is 38.2 Å². The number of hydrogen-bond acceptors (Lipinski definition) is 4. The van der Waals surface area contributed by atoms with Crippen molar-refractivity contribution in [2.45, 2.75) is 37.5 Å². The molecule has 0 aliphatic carbocycles. The highest BCUT2D eigenvalue weighted by Gasteiger charge is 2.27. The summed E-state index contributed by atoms with van der Waals surface area (Å²) >= 11 is 0. The van der Waals surface area contributed by atoms with E-state index in [1.807, 2.05) is 24.3 Å². The fraction of sp³-hybridized carbons (Fsp3) is 0.318. The first-order valence-corrected chi connectivity index (χ1v) is 11.2. The van der Waals surface area contributed by atoms with E-state index in [0.717, 1.165) is 35.2 Å². The summed E-state index contributed by atoms with van der Waals surface area (Å²) in [5.74, 6) is 1.24. The van der Waals surface area contributed by atoms with Crippen molar-refractivity contribution in [2.24, 2.45) is 0 Å². The molecule has 28 heavy (non-hydrogen) atoms. The lowest BCUT2D eigenvalue weighted by atomic mass is 10.0. The summed E-state index contributed by atoms with van der Waals surface area (Å²) < 4.78 is 27.1. The number of pyridine rings is 1. The number of rotatable bonds is 5. The molecule has 1 aromatic heterocycles. The van der Waals surface area contributed by atoms with Crippen molar-refractivity contribution in [3.05, 3.63) is 60.2 Å². The Bertz CT molecular complexity index is 1090. The van der Waals surface area contributed by atoms with Crippen LogP contribution in [0.5, 0.6) is 0 Å². The SMILES string of the molecule is CC(C)c1ccc(Nc2ccc3cc(S(=O)(=O)N4CCCC4)ccc3n2)cc1. The summed E-state index contributed by atoms with van der Waals surface area (Å²) in [6, 6.07) is 17.3. The van der Waals surface area contributed by atoms with E-state index < -0.39 is 10.0 Å². The number of nitrogens with one attached hydrogen (secondary N) is 1. The first-order valence-electron chi connectivity index (χ1n) is 9.71. The molecule has 146 valence electrons. The molecule has 3 aromatic rings. The van der Waals surface area contributed by atoms with Crippen molar-refractivity contribution in [1.29, 1.82) is 0 Å². The second-order valence-corrected chi connectivity index (χ2v) is 9.50. The smallest absolute Gasteiger partial charge is 0.243 e. The van der Waals surface area contributed by atoms with Crippen LogP contribution < -0.4 is 5.32 Å². The Morgan fingerprint density at radius 2 is 1.68 bits per heavy atom. The van der Waals surface area contributed by atoms with E-state index in [0.29, 0.717) is 23.9 Å². The number of sulfonamides is 1. The quantitative estimate of drug-likeness (QED) is 0.668. The number of fused-ring (bicyclic) bond motifs is 1. The first-order chi connectivity index (χ1) is 13.4. The van der Waals surface area contributed by atoms with E-state index in [2.05, 4.69) is 36.3 Å². The molecule has 0 atom stereocenters. The average Bonchev–Trinajstić information content (AvgIpc) is 3.23. The summed E-state index contributed by atoms with van der Waals surface area (Å²) in [6.45, 7) is 5.56. The summed E-state index contributed by atoms with van der Waals surface area (Å²) in [4.78, 5) is 4.97. The second-order valence-electron chi connectivity index (χ2n) is 7.56. The lowest BCUT2D eigenvalue weighted by Gasteiger charge is -2.16. The van der Waals surface area contributed by atoms with E-state index in [1.165, 1.54) is 5.56 Å². The molecule has 0 unspecified atom stereocenters. The normalized spacial score (nSPS) is 15.4. The van der Waals surface area contributed by atoms with Gasteiger partial charge in [-0.2, -0.15) is 4.31 Å². The maximum atomic E-state index is 12.8. The van der Waals surface area contributed by atoms with Crippen LogP contribution in [0, 0.1) is 0 Å². The highest BCUT2D eigenvalue weighted by atomic mass is 32.2. The van der Waals surface area contributed by atoms with Crippen LogP contribution >= 0.6 is 0 Å². The maximum Gasteiger partial charge on any atom is 0.243 e. The Hall–Kier alpha value is -2.44. The zero-order valence-electron chi connectivity index (χ0n) is 16.2. The molecule has 6 heteroatoms. The molecular weight excluding hydrogens is 370 g/mol. The molecule has 1 saturated heterocycles. The Labute approximate surface area is 166 Å². The van der Waals surface area contributed by atoms with Crippen LogP contribution in [0.4, 0.5) is 11.5 Å². The molecule has 0 bridgehead atoms. The van der Waals surface area contributed by atoms with Gasteiger partial charge in [-0.15, -0.1) is 0 Å². The molecule has 0 spiro atoms. The number of nitrogens with zero attached hydrogens (tertiary/aromatic N) is 2. The Morgan fingerprint density at radius 3 is 2.36 bits per heavy atom. The highest BCUT2D eigenvalue weighted by Crippen LogP contribution is 2.26. The summed E-state index contributed by atoms with van der Waals surface area (Å²) in [5.41, 5.74) is 3.04. The third kappa shape index (κ3) is 3.75. The molecule has 0 saturated carbocycles. The lowest BCUT2D eigenvalue weighted by Crippen LogP contribution is -2.27. The van der Waals surface area contributed by atoms with Crippen LogP contribution in [0.3, 0.4) is 0 Å². The van der Waals surface area contributed by atoms with Crippen molar-refractivity contribution >= 4 is 32.4 Å². The van der Waals surface area contributed by atoms with Gasteiger partial charge in [-0.25, -0.2) is 13.4 Å². The van der Waals surface area contributed by atoms with Gasteiger partial charge in [0.05, 0.1) is 10.4 Å². The third-order valence-electron chi connectivity index (χ3n) is 5.21. The van der Waals surface area contributed by atoms with E-state index >= 15 is 0 Å². The molecule has 0 amide bonds. The zero-order chi connectivity index (χ0) is 19.7. The molecule has 1 aliphatic heterocycles. The minimum atomic E-state index is -3.41. The summed E-state index contributed by atoms with van der Waals surface area (Å²) in [5, 5.41) is 4.13. The molecular formula is C22H25N3O2S. The standard InChI is InChI=1S/C22H25N3O2S/c1-16(2)17-5-8-19(9-6-17)23-22-12-7-18-15-20(10-11-21(18)24-22)28(26,27)25-13-3-4-14-25/h5-12,15-16H,3-4,13-14H2,1-2H3,(H,23,24). The van der Waals surface area contributed by atoms with Gasteiger partial charge < -0.3 is 5.32 Å². The van der Waals surface area contributed by atoms with Gasteiger partial charge in [-0.05, 0) is 66.8 Å². The topological polar surface area (TPSA) is 62.3 Å². The fourth-order valence-electron chi connectivity index (χ4n) is 3.51. The molecule has 2 heterocycles. The number of anilines is 2. The Kier molecular flexibility index (Phi) is 5.08. The van der Waals surface area contributed by atoms with Crippen molar-refractivity contribution in [3.8, 4) is 0 Å². The number of aromatic nitrogens is 1. The zero-order valence-corrected chi connectivity index (χ0v) is 17.0. The van der Waals surface area contributed by atoms with Crippen molar-refractivity contribution < 1.29 is 8.42 Å². The molecule has 1 N–H and O–H groups in total. The van der Waals surface area contributed by atoms with E-state index in [1.54, 1.807) is 22.5 Å². The Balaban J connectivity index is 1.58. The van der Waals surface area contributed by atoms with E-state index in [-0.39, 0.29) is 0 Å². The van der Waals surface area contributed by atoms with E-state index in [4.69, 9.17) is 0 Å². The molecule has 2 aromatic carbocycles. The van der Waals surface area contributed by atoms with Crippen molar-refractivity contribution in [2.75, 3.05) is 18.4 Å². The monoisotopic (exact) mass is 395 g/mol. The predicted molar refractivity (Wildman–Crippen MR) is 114 cm³/mol. The van der Waals surface area contributed by atoms with Crippen molar-refractivity contribution in [1.82, 2.24) is 9.29 Å². The maximum absolute atomic E-state index is 12.8. The Morgan fingerprint density at radius 1 is 0.964 bits per heavy atom. The molecule has 1 aliphatic rings. The molecule has 4 rings (SSSR count). The van der Waals surface area contributed by atoms with Crippen LogP contribution in [-0.2, 0) is 10.0 Å². The first kappa shape index (κ1) is 18.9. The van der Waals surface area contributed by atoms with Crippen LogP contribution in [0.25, 0.3) is 10.9 Å². The minimum absolute atomic E-state index is 0.341. The largest absolute Gasteiger partial charge is 0.340 e. The summed E-state index contributed by atoms with van der Waals surface area (Å²) in [6.07, 6.45) is 1.86. The second kappa shape index (κ2) is 7.53. The van der Waals surface area contributed by atoms with Gasteiger partial charge in [-0.3, -0.25) is 0 Å². The predicted octanol–water partition coefficient (Wildman–Crippen LogP) is 4.89. The van der Waals surface area contributed by atoms with Crippen molar-refractivity contribution in [3.63, 3.8) is 0 Å². The van der Waals surface area contributed by atoms with Gasteiger partial charge in [0.2, 0.25) is 10.0 Å². The number of benzene rings is 2. The molecule has 1 fully saturated rings. The number of hydrogen-bond donors (Lipinski definition) is 1. The molecule has 0 radical (unpaired) electrons. The van der Waals surface area contributed by atoms with Crippen LogP contribution in [-0.4, -0.2) is 30.8 Å².